The molecule has 148 valence electrons. The summed E-state index contributed by atoms with van der Waals surface area (Å²) < 4.78 is 26.6. The van der Waals surface area contributed by atoms with E-state index in [0.717, 1.165) is 0 Å². The molecular weight excluding hydrogens is 373 g/mol. The number of H-pyrrole nitrogens is 1. The van der Waals surface area contributed by atoms with Gasteiger partial charge in [-0.1, -0.05) is 0 Å². The average Bonchev–Trinajstić information content (AvgIpc) is 3.15. The summed E-state index contributed by atoms with van der Waals surface area (Å²) in [7, 11) is 2.19. The van der Waals surface area contributed by atoms with Crippen LogP contribution in [0.4, 0.5) is 5.95 Å². The number of rotatable bonds is 4. The lowest BCUT2D eigenvalue weighted by Gasteiger charge is -2.21. The van der Waals surface area contributed by atoms with Crippen molar-refractivity contribution in [3.05, 3.63) is 16.7 Å². The standard InChI is InChI=1S/C12H17N5O5.HO2P.H2O.H2/c1-20-7-5(3-18)22-11(8(7)21-2)17-4-14-6-9(17)15-12(13)16-10(6)19;1-3-2;;/h4-5,7-8,11,18H,3H2,1-2H3,(H3,13,15,16,19);(H,1,2);1H2;1H. The van der Waals surface area contributed by atoms with Gasteiger partial charge in [-0.15, -0.1) is 0 Å². The number of nitrogens with one attached hydrogen (secondary N) is 1. The maximum Gasteiger partial charge on any atom is 0.324 e. The van der Waals surface area contributed by atoms with Crippen LogP contribution in [0.15, 0.2) is 11.1 Å². The number of aliphatic hydroxyl groups is 1. The van der Waals surface area contributed by atoms with E-state index in [1.165, 1.54) is 20.5 Å². The predicted molar refractivity (Wildman–Crippen MR) is 90.7 cm³/mol. The summed E-state index contributed by atoms with van der Waals surface area (Å²) in [5, 5.41) is 9.42. The Morgan fingerprint density at radius 2 is 2.08 bits per heavy atom. The third-order valence-corrected chi connectivity index (χ3v) is 3.73. The van der Waals surface area contributed by atoms with Gasteiger partial charge in [0.1, 0.15) is 18.3 Å². The van der Waals surface area contributed by atoms with Gasteiger partial charge in [0.2, 0.25) is 5.95 Å². The number of anilines is 1. The highest BCUT2D eigenvalue weighted by molar-refractivity contribution is 7.16. The van der Waals surface area contributed by atoms with Gasteiger partial charge in [-0.05, 0) is 0 Å². The molecule has 0 spiro atoms. The molecule has 2 aromatic rings. The fraction of sp³-hybridized carbons (Fsp3) is 0.583. The van der Waals surface area contributed by atoms with Gasteiger partial charge in [0.15, 0.2) is 17.4 Å². The van der Waals surface area contributed by atoms with E-state index in [-0.39, 0.29) is 30.6 Å². The third kappa shape index (κ3) is 4.04. The Labute approximate surface area is 149 Å². The first kappa shape index (κ1) is 22.1. The zero-order valence-corrected chi connectivity index (χ0v) is 14.8. The van der Waals surface area contributed by atoms with Gasteiger partial charge >= 0.3 is 8.69 Å². The molecule has 0 aliphatic carbocycles. The molecular formula is C12H22N5O8P. The summed E-state index contributed by atoms with van der Waals surface area (Å²) in [5.74, 6) is -0.0202. The van der Waals surface area contributed by atoms with Gasteiger partial charge in [-0.25, -0.2) is 9.55 Å². The van der Waals surface area contributed by atoms with Gasteiger partial charge < -0.3 is 35.4 Å². The number of methoxy groups -OCH3 is 2. The summed E-state index contributed by atoms with van der Waals surface area (Å²) in [6, 6.07) is 0. The smallest absolute Gasteiger partial charge is 0.324 e. The van der Waals surface area contributed by atoms with Crippen molar-refractivity contribution in [1.82, 2.24) is 19.5 Å². The molecule has 1 fully saturated rings. The number of aromatic nitrogens is 4. The van der Waals surface area contributed by atoms with Crippen LogP contribution >= 0.6 is 8.69 Å². The van der Waals surface area contributed by atoms with Crippen LogP contribution in [0.3, 0.4) is 0 Å². The normalized spacial score (nSPS) is 24.9. The first-order valence-corrected chi connectivity index (χ1v) is 7.79. The van der Waals surface area contributed by atoms with E-state index in [1.807, 2.05) is 0 Å². The van der Waals surface area contributed by atoms with Crippen molar-refractivity contribution in [3.8, 4) is 0 Å². The lowest BCUT2D eigenvalue weighted by molar-refractivity contribution is -0.0583. The van der Waals surface area contributed by atoms with Crippen molar-refractivity contribution in [1.29, 1.82) is 0 Å². The molecule has 14 heteroatoms. The van der Waals surface area contributed by atoms with Crippen LogP contribution in [0.1, 0.15) is 7.65 Å². The Morgan fingerprint density at radius 1 is 1.46 bits per heavy atom. The van der Waals surface area contributed by atoms with Crippen molar-refractivity contribution in [2.75, 3.05) is 26.6 Å². The summed E-state index contributed by atoms with van der Waals surface area (Å²) in [5.41, 5.74) is 5.57. The number of aliphatic hydroxyl groups excluding tert-OH is 1. The third-order valence-electron chi connectivity index (χ3n) is 3.73. The highest BCUT2D eigenvalue weighted by Crippen LogP contribution is 2.34. The van der Waals surface area contributed by atoms with E-state index in [9.17, 15) is 9.90 Å². The number of hydrogen-bond donors (Lipinski definition) is 4. The minimum Gasteiger partial charge on any atom is -0.412 e. The Kier molecular flexibility index (Phi) is 8.17. The minimum absolute atomic E-state index is 0. The van der Waals surface area contributed by atoms with Crippen molar-refractivity contribution in [3.63, 3.8) is 0 Å². The highest BCUT2D eigenvalue weighted by Gasteiger charge is 2.46. The van der Waals surface area contributed by atoms with Gasteiger partial charge in [-0.2, -0.15) is 4.98 Å². The minimum atomic E-state index is -0.833. The molecule has 0 bridgehead atoms. The maximum atomic E-state index is 11.8. The molecule has 1 saturated heterocycles. The highest BCUT2D eigenvalue weighted by atomic mass is 31.1. The largest absolute Gasteiger partial charge is 0.412 e. The molecule has 13 nitrogen and oxygen atoms in total. The Hall–Kier alpha value is -1.99. The molecule has 4 atom stereocenters. The number of fused-ring (bicyclic) bond motifs is 1. The van der Waals surface area contributed by atoms with E-state index in [0.29, 0.717) is 0 Å². The number of ether oxygens (including phenoxy) is 3. The number of nitrogens with zero attached hydrogens (tertiary/aromatic N) is 3. The quantitative estimate of drug-likeness (QED) is 0.428. The second-order valence-corrected chi connectivity index (χ2v) is 5.17. The second kappa shape index (κ2) is 9.64. The molecule has 1 aliphatic rings. The number of imidazole rings is 1. The number of nitrogen functional groups attached to an aromatic ring is 1. The number of nitrogens with two attached hydrogens (primary N) is 1. The van der Waals surface area contributed by atoms with Crippen LogP contribution in [0.2, 0.25) is 0 Å². The van der Waals surface area contributed by atoms with Crippen LogP contribution in [-0.2, 0) is 18.8 Å². The summed E-state index contributed by atoms with van der Waals surface area (Å²) in [6.45, 7) is -0.225. The lowest BCUT2D eigenvalue weighted by Crippen LogP contribution is -2.36. The van der Waals surface area contributed by atoms with Gasteiger partial charge in [0, 0.05) is 15.6 Å². The SMILES string of the molecule is COC1C(CO)OC(n2cnc3c(=O)[nH]c(N)nc32)C1OC.O.O=PO.[HH]. The first-order valence-electron chi connectivity index (χ1n) is 7.03. The molecule has 1 aliphatic heterocycles. The fourth-order valence-electron chi connectivity index (χ4n) is 2.74. The van der Waals surface area contributed by atoms with Crippen LogP contribution in [0.25, 0.3) is 11.2 Å². The molecule has 4 unspecified atom stereocenters. The average molecular weight is 395 g/mol. The topological polar surface area (TPSA) is 206 Å². The summed E-state index contributed by atoms with van der Waals surface area (Å²) in [4.78, 5) is 29.3. The zero-order chi connectivity index (χ0) is 18.6. The molecule has 2 aromatic heterocycles. The van der Waals surface area contributed by atoms with E-state index >= 15 is 0 Å². The van der Waals surface area contributed by atoms with E-state index in [1.54, 1.807) is 4.57 Å². The number of aromatic amines is 1. The summed E-state index contributed by atoms with van der Waals surface area (Å²) >= 11 is 0. The van der Waals surface area contributed by atoms with Crippen LogP contribution in [0.5, 0.6) is 0 Å². The van der Waals surface area contributed by atoms with Crippen LogP contribution in [-0.4, -0.2) is 74.1 Å². The monoisotopic (exact) mass is 395 g/mol. The van der Waals surface area contributed by atoms with Crippen molar-refractivity contribution in [2.45, 2.75) is 24.5 Å². The summed E-state index contributed by atoms with van der Waals surface area (Å²) in [6.07, 6.45) is -0.739. The van der Waals surface area contributed by atoms with Crippen LogP contribution in [0, 0.1) is 0 Å². The molecule has 7 N–H and O–H groups in total. The predicted octanol–water partition coefficient (Wildman–Crippen LogP) is -1.77. The molecule has 3 rings (SSSR count). The van der Waals surface area contributed by atoms with E-state index in [2.05, 4.69) is 15.0 Å². The van der Waals surface area contributed by atoms with Crippen LogP contribution < -0.4 is 11.3 Å². The Balaban J connectivity index is 0.00000127. The van der Waals surface area contributed by atoms with Gasteiger partial charge in [-0.3, -0.25) is 14.3 Å². The van der Waals surface area contributed by atoms with Gasteiger partial charge in [0.25, 0.3) is 5.56 Å². The molecule has 0 saturated carbocycles. The number of hydrogen-bond acceptors (Lipinski definition) is 9. The maximum absolute atomic E-state index is 11.8. The Bertz CT molecular complexity index is 789. The van der Waals surface area contributed by atoms with Crippen molar-refractivity contribution < 1.29 is 35.7 Å². The Morgan fingerprint density at radius 3 is 2.62 bits per heavy atom. The molecule has 3 heterocycles. The van der Waals surface area contributed by atoms with E-state index < -0.39 is 38.8 Å². The lowest BCUT2D eigenvalue weighted by atomic mass is 10.1. The zero-order valence-electron chi connectivity index (χ0n) is 13.9. The molecule has 0 aromatic carbocycles. The second-order valence-electron chi connectivity index (χ2n) is 5.01. The molecule has 26 heavy (non-hydrogen) atoms. The first-order chi connectivity index (χ1) is 12.0. The molecule has 0 amide bonds. The van der Waals surface area contributed by atoms with Crippen molar-refractivity contribution in [2.24, 2.45) is 0 Å². The van der Waals surface area contributed by atoms with Crippen molar-refractivity contribution >= 4 is 25.8 Å². The van der Waals surface area contributed by atoms with E-state index in [4.69, 9.17) is 29.4 Å². The van der Waals surface area contributed by atoms with Gasteiger partial charge in [0.05, 0.1) is 12.9 Å². The fourth-order valence-corrected chi connectivity index (χ4v) is 2.74. The molecule has 0 radical (unpaired) electrons.